The van der Waals surface area contributed by atoms with Crippen molar-refractivity contribution in [2.45, 2.75) is 32.2 Å². The standard InChI is InChI=1S/C19H21NO4/c1-14-9-10-20(18(21)11-14)16-8-7-15(12-16)13-23-19(22)24-17-5-3-2-4-6-17/h2-6,9-11,15-16H,7-8,12-13H2,1H3/t15-,16+/m1/s1. The van der Waals surface area contributed by atoms with E-state index < -0.39 is 6.16 Å². The van der Waals surface area contributed by atoms with Crippen molar-refractivity contribution in [1.29, 1.82) is 0 Å². The molecule has 0 saturated heterocycles. The van der Waals surface area contributed by atoms with Gasteiger partial charge in [-0.05, 0) is 55.9 Å². The first-order valence-corrected chi connectivity index (χ1v) is 8.20. The number of para-hydroxylation sites is 1. The van der Waals surface area contributed by atoms with Crippen LogP contribution in [0.5, 0.6) is 5.75 Å². The number of rotatable bonds is 4. The van der Waals surface area contributed by atoms with E-state index >= 15 is 0 Å². The summed E-state index contributed by atoms with van der Waals surface area (Å²) in [7, 11) is 0. The number of hydrogen-bond acceptors (Lipinski definition) is 4. The number of benzene rings is 1. The van der Waals surface area contributed by atoms with Gasteiger partial charge in [-0.3, -0.25) is 4.79 Å². The van der Waals surface area contributed by atoms with Gasteiger partial charge in [0.2, 0.25) is 0 Å². The molecule has 1 fully saturated rings. The third kappa shape index (κ3) is 4.04. The lowest BCUT2D eigenvalue weighted by molar-refractivity contribution is 0.0840. The zero-order valence-corrected chi connectivity index (χ0v) is 13.7. The first kappa shape index (κ1) is 16.3. The molecule has 2 atom stereocenters. The minimum absolute atomic E-state index is 0.0325. The molecule has 1 saturated carbocycles. The van der Waals surface area contributed by atoms with Crippen LogP contribution in [-0.4, -0.2) is 17.3 Å². The lowest BCUT2D eigenvalue weighted by Crippen LogP contribution is -2.23. The Labute approximate surface area is 140 Å². The van der Waals surface area contributed by atoms with E-state index in [1.807, 2.05) is 25.3 Å². The molecule has 0 bridgehead atoms. The second-order valence-electron chi connectivity index (χ2n) is 6.26. The molecule has 0 unspecified atom stereocenters. The van der Waals surface area contributed by atoms with Crippen LogP contribution in [0.3, 0.4) is 0 Å². The van der Waals surface area contributed by atoms with Crippen molar-refractivity contribution in [3.05, 3.63) is 64.6 Å². The van der Waals surface area contributed by atoms with Crippen molar-refractivity contribution < 1.29 is 14.3 Å². The molecule has 24 heavy (non-hydrogen) atoms. The highest BCUT2D eigenvalue weighted by Crippen LogP contribution is 2.33. The number of pyridine rings is 1. The molecule has 5 heteroatoms. The van der Waals surface area contributed by atoms with Crippen LogP contribution in [0.15, 0.2) is 53.5 Å². The zero-order valence-electron chi connectivity index (χ0n) is 13.7. The molecule has 0 amide bonds. The number of aromatic nitrogens is 1. The lowest BCUT2D eigenvalue weighted by Gasteiger charge is -2.15. The van der Waals surface area contributed by atoms with Gasteiger partial charge in [-0.25, -0.2) is 4.79 Å². The number of carbonyl (C=O) groups is 1. The van der Waals surface area contributed by atoms with Crippen LogP contribution in [0.25, 0.3) is 0 Å². The first-order chi connectivity index (χ1) is 11.6. The SMILES string of the molecule is Cc1ccn([C@H]2CC[C@@H](COC(=O)Oc3ccccc3)C2)c(=O)c1. The zero-order chi connectivity index (χ0) is 16.9. The van der Waals surface area contributed by atoms with Gasteiger partial charge in [0.1, 0.15) is 5.75 Å². The predicted molar refractivity (Wildman–Crippen MR) is 90.2 cm³/mol. The van der Waals surface area contributed by atoms with Crippen molar-refractivity contribution in [1.82, 2.24) is 4.57 Å². The van der Waals surface area contributed by atoms with Crippen LogP contribution in [0.1, 0.15) is 30.9 Å². The van der Waals surface area contributed by atoms with E-state index in [-0.39, 0.29) is 17.5 Å². The highest BCUT2D eigenvalue weighted by atomic mass is 16.7. The fourth-order valence-corrected chi connectivity index (χ4v) is 3.14. The van der Waals surface area contributed by atoms with Crippen LogP contribution < -0.4 is 10.3 Å². The highest BCUT2D eigenvalue weighted by Gasteiger charge is 2.27. The van der Waals surface area contributed by atoms with E-state index in [2.05, 4.69) is 0 Å². The largest absolute Gasteiger partial charge is 0.513 e. The smallest absolute Gasteiger partial charge is 0.434 e. The van der Waals surface area contributed by atoms with Gasteiger partial charge in [-0.1, -0.05) is 18.2 Å². The van der Waals surface area contributed by atoms with Crippen LogP contribution >= 0.6 is 0 Å². The Morgan fingerprint density at radius 2 is 2.00 bits per heavy atom. The molecular weight excluding hydrogens is 306 g/mol. The van der Waals surface area contributed by atoms with Crippen molar-refractivity contribution in [3.63, 3.8) is 0 Å². The van der Waals surface area contributed by atoms with Crippen LogP contribution in [-0.2, 0) is 4.74 Å². The van der Waals surface area contributed by atoms with Crippen LogP contribution in [0.2, 0.25) is 0 Å². The van der Waals surface area contributed by atoms with E-state index in [1.165, 1.54) is 0 Å². The fraction of sp³-hybridized carbons (Fsp3) is 0.368. The molecule has 1 aromatic carbocycles. The lowest BCUT2D eigenvalue weighted by atomic mass is 10.1. The number of hydrogen-bond donors (Lipinski definition) is 0. The average Bonchev–Trinajstić information content (AvgIpc) is 3.02. The molecule has 1 aromatic heterocycles. The van der Waals surface area contributed by atoms with Crippen LogP contribution in [0, 0.1) is 12.8 Å². The summed E-state index contributed by atoms with van der Waals surface area (Å²) in [5.41, 5.74) is 1.00. The van der Waals surface area contributed by atoms with Crippen molar-refractivity contribution in [2.75, 3.05) is 6.61 Å². The Balaban J connectivity index is 1.49. The van der Waals surface area contributed by atoms with Crippen molar-refractivity contribution >= 4 is 6.16 Å². The molecule has 1 aliphatic rings. The van der Waals surface area contributed by atoms with Gasteiger partial charge in [0.15, 0.2) is 0 Å². The highest BCUT2D eigenvalue weighted by molar-refractivity contribution is 5.63. The summed E-state index contributed by atoms with van der Waals surface area (Å²) in [6.45, 7) is 2.23. The maximum absolute atomic E-state index is 12.1. The van der Waals surface area contributed by atoms with Gasteiger partial charge in [0, 0.05) is 18.3 Å². The predicted octanol–water partition coefficient (Wildman–Crippen LogP) is 3.71. The van der Waals surface area contributed by atoms with E-state index in [4.69, 9.17) is 9.47 Å². The Morgan fingerprint density at radius 3 is 2.75 bits per heavy atom. The summed E-state index contributed by atoms with van der Waals surface area (Å²) in [6.07, 6.45) is 3.86. The second kappa shape index (κ2) is 7.34. The summed E-state index contributed by atoms with van der Waals surface area (Å²) >= 11 is 0. The first-order valence-electron chi connectivity index (χ1n) is 8.20. The van der Waals surface area contributed by atoms with Gasteiger partial charge in [-0.15, -0.1) is 0 Å². The molecule has 0 N–H and O–H groups in total. The second-order valence-corrected chi connectivity index (χ2v) is 6.26. The fourth-order valence-electron chi connectivity index (χ4n) is 3.14. The number of nitrogens with zero attached hydrogens (tertiary/aromatic N) is 1. The van der Waals surface area contributed by atoms with E-state index in [9.17, 15) is 9.59 Å². The third-order valence-electron chi connectivity index (χ3n) is 4.39. The Bertz CT molecular complexity index is 753. The molecule has 0 aliphatic heterocycles. The van der Waals surface area contributed by atoms with Gasteiger partial charge in [0.25, 0.3) is 5.56 Å². The maximum atomic E-state index is 12.1. The molecule has 5 nitrogen and oxygen atoms in total. The molecule has 1 heterocycles. The molecule has 1 aliphatic carbocycles. The summed E-state index contributed by atoms with van der Waals surface area (Å²) in [5, 5.41) is 0. The summed E-state index contributed by atoms with van der Waals surface area (Å²) < 4.78 is 12.1. The van der Waals surface area contributed by atoms with Gasteiger partial charge < -0.3 is 14.0 Å². The minimum atomic E-state index is -0.683. The summed E-state index contributed by atoms with van der Waals surface area (Å²) in [6, 6.07) is 12.6. The van der Waals surface area contributed by atoms with Crippen molar-refractivity contribution in [2.24, 2.45) is 5.92 Å². The molecule has 2 aromatic rings. The molecular formula is C19H21NO4. The van der Waals surface area contributed by atoms with Gasteiger partial charge >= 0.3 is 6.16 Å². The van der Waals surface area contributed by atoms with E-state index in [0.29, 0.717) is 12.4 Å². The minimum Gasteiger partial charge on any atom is -0.434 e. The molecule has 0 spiro atoms. The summed E-state index contributed by atoms with van der Waals surface area (Å²) in [4.78, 5) is 23.8. The number of ether oxygens (including phenoxy) is 2. The third-order valence-corrected chi connectivity index (χ3v) is 4.39. The Morgan fingerprint density at radius 1 is 1.21 bits per heavy atom. The number of aryl methyl sites for hydroxylation is 1. The van der Waals surface area contributed by atoms with Gasteiger partial charge in [0.05, 0.1) is 6.61 Å². The normalized spacial score (nSPS) is 19.9. The molecule has 126 valence electrons. The Kier molecular flexibility index (Phi) is 4.99. The number of carbonyl (C=O) groups excluding carboxylic acids is 1. The van der Waals surface area contributed by atoms with E-state index in [0.717, 1.165) is 24.8 Å². The topological polar surface area (TPSA) is 57.5 Å². The quantitative estimate of drug-likeness (QED) is 0.634. The summed E-state index contributed by atoms with van der Waals surface area (Å²) in [5.74, 6) is 0.726. The van der Waals surface area contributed by atoms with Crippen molar-refractivity contribution in [3.8, 4) is 5.75 Å². The monoisotopic (exact) mass is 327 g/mol. The van der Waals surface area contributed by atoms with Crippen LogP contribution in [0.4, 0.5) is 4.79 Å². The average molecular weight is 327 g/mol. The molecule has 3 rings (SSSR count). The Hall–Kier alpha value is -2.56. The molecule has 0 radical (unpaired) electrons. The van der Waals surface area contributed by atoms with E-state index in [1.54, 1.807) is 34.9 Å². The maximum Gasteiger partial charge on any atom is 0.513 e. The van der Waals surface area contributed by atoms with Gasteiger partial charge in [-0.2, -0.15) is 0 Å².